The van der Waals surface area contributed by atoms with E-state index in [0.29, 0.717) is 17.1 Å². The number of carbonyl (C=O) groups is 1. The Hall–Kier alpha value is -2.00. The molecule has 2 aromatic rings. The molecule has 0 heterocycles. The number of hydrogen-bond acceptors (Lipinski definition) is 2. The van der Waals surface area contributed by atoms with Crippen molar-refractivity contribution in [1.82, 2.24) is 0 Å². The van der Waals surface area contributed by atoms with Gasteiger partial charge in [-0.2, -0.15) is 0 Å². The van der Waals surface area contributed by atoms with Gasteiger partial charge in [0.2, 0.25) is 0 Å². The second-order valence-electron chi connectivity index (χ2n) is 3.82. The minimum absolute atomic E-state index is 0.318. The molecule has 0 spiro atoms. The van der Waals surface area contributed by atoms with Crippen LogP contribution in [-0.2, 0) is 6.54 Å². The predicted molar refractivity (Wildman–Crippen MR) is 72.2 cm³/mol. The van der Waals surface area contributed by atoms with E-state index in [4.69, 9.17) is 16.7 Å². The van der Waals surface area contributed by atoms with Gasteiger partial charge in [0.15, 0.2) is 0 Å². The molecule has 0 saturated heterocycles. The minimum Gasteiger partial charge on any atom is -0.478 e. The lowest BCUT2D eigenvalue weighted by Gasteiger charge is -2.09. The van der Waals surface area contributed by atoms with E-state index in [0.717, 1.165) is 11.3 Å². The van der Waals surface area contributed by atoms with Crippen molar-refractivity contribution in [2.45, 2.75) is 6.54 Å². The highest BCUT2D eigenvalue weighted by atomic mass is 35.5. The summed E-state index contributed by atoms with van der Waals surface area (Å²) in [5.74, 6) is -0.913. The van der Waals surface area contributed by atoms with Crippen LogP contribution in [0.1, 0.15) is 15.9 Å². The molecule has 0 unspecified atom stereocenters. The molecule has 2 N–H and O–H groups in total. The highest BCUT2D eigenvalue weighted by Gasteiger charge is 2.08. The Balaban J connectivity index is 2.10. The standard InChI is InChI=1S/C14H12ClNO2/c15-11-5-7-12(8-6-11)16-9-10-3-1-2-4-13(10)14(17)18/h1-8,16H,9H2,(H,17,18). The van der Waals surface area contributed by atoms with Crippen molar-refractivity contribution >= 4 is 23.3 Å². The fourth-order valence-corrected chi connectivity index (χ4v) is 1.77. The van der Waals surface area contributed by atoms with E-state index in [-0.39, 0.29) is 0 Å². The van der Waals surface area contributed by atoms with Crippen LogP contribution in [0.2, 0.25) is 5.02 Å². The number of nitrogens with one attached hydrogen (secondary N) is 1. The lowest BCUT2D eigenvalue weighted by molar-refractivity contribution is 0.0696. The molecule has 0 aliphatic heterocycles. The van der Waals surface area contributed by atoms with Crippen molar-refractivity contribution in [3.05, 3.63) is 64.7 Å². The molecule has 0 aromatic heterocycles. The van der Waals surface area contributed by atoms with Gasteiger partial charge in [0.1, 0.15) is 0 Å². The molecular formula is C14H12ClNO2. The van der Waals surface area contributed by atoms with E-state index in [1.54, 1.807) is 30.3 Å². The SMILES string of the molecule is O=C(O)c1ccccc1CNc1ccc(Cl)cc1. The highest BCUT2D eigenvalue weighted by molar-refractivity contribution is 6.30. The summed E-state index contributed by atoms with van der Waals surface area (Å²) < 4.78 is 0. The summed E-state index contributed by atoms with van der Waals surface area (Å²) in [6.07, 6.45) is 0. The van der Waals surface area contributed by atoms with Gasteiger partial charge in [-0.1, -0.05) is 29.8 Å². The average molecular weight is 262 g/mol. The van der Waals surface area contributed by atoms with Crippen molar-refractivity contribution in [2.24, 2.45) is 0 Å². The number of carboxylic acids is 1. The van der Waals surface area contributed by atoms with Crippen LogP contribution in [0.5, 0.6) is 0 Å². The number of rotatable bonds is 4. The minimum atomic E-state index is -0.913. The summed E-state index contributed by atoms with van der Waals surface area (Å²) in [4.78, 5) is 11.0. The fraction of sp³-hybridized carbons (Fsp3) is 0.0714. The Morgan fingerprint density at radius 2 is 1.78 bits per heavy atom. The van der Waals surface area contributed by atoms with Crippen LogP contribution in [0, 0.1) is 0 Å². The van der Waals surface area contributed by atoms with Gasteiger partial charge in [-0.25, -0.2) is 4.79 Å². The van der Waals surface area contributed by atoms with Crippen LogP contribution in [-0.4, -0.2) is 11.1 Å². The third kappa shape index (κ3) is 3.02. The maximum Gasteiger partial charge on any atom is 0.336 e. The van der Waals surface area contributed by atoms with Crippen molar-refractivity contribution < 1.29 is 9.90 Å². The third-order valence-electron chi connectivity index (χ3n) is 2.57. The Morgan fingerprint density at radius 1 is 1.11 bits per heavy atom. The van der Waals surface area contributed by atoms with Gasteiger partial charge >= 0.3 is 5.97 Å². The summed E-state index contributed by atoms with van der Waals surface area (Å²) in [6, 6.07) is 14.2. The molecule has 4 heteroatoms. The lowest BCUT2D eigenvalue weighted by atomic mass is 10.1. The van der Waals surface area contributed by atoms with Gasteiger partial charge in [-0.3, -0.25) is 0 Å². The van der Waals surface area contributed by atoms with Crippen LogP contribution in [0.3, 0.4) is 0 Å². The Bertz CT molecular complexity index is 552. The van der Waals surface area contributed by atoms with E-state index in [2.05, 4.69) is 5.32 Å². The normalized spacial score (nSPS) is 10.1. The molecule has 3 nitrogen and oxygen atoms in total. The third-order valence-corrected chi connectivity index (χ3v) is 2.83. The van der Waals surface area contributed by atoms with Gasteiger partial charge in [0.25, 0.3) is 0 Å². The molecule has 0 fully saturated rings. The maximum atomic E-state index is 11.0. The number of anilines is 1. The first-order valence-corrected chi connectivity index (χ1v) is 5.85. The molecule has 0 bridgehead atoms. The zero-order chi connectivity index (χ0) is 13.0. The van der Waals surface area contributed by atoms with E-state index in [1.807, 2.05) is 18.2 Å². The topological polar surface area (TPSA) is 49.3 Å². The van der Waals surface area contributed by atoms with Gasteiger partial charge in [0.05, 0.1) is 5.56 Å². The number of hydrogen-bond donors (Lipinski definition) is 2. The molecule has 18 heavy (non-hydrogen) atoms. The average Bonchev–Trinajstić information content (AvgIpc) is 2.38. The first kappa shape index (κ1) is 12.5. The van der Waals surface area contributed by atoms with Crippen molar-refractivity contribution in [1.29, 1.82) is 0 Å². The quantitative estimate of drug-likeness (QED) is 0.883. The largest absolute Gasteiger partial charge is 0.478 e. The first-order valence-electron chi connectivity index (χ1n) is 5.47. The molecule has 2 rings (SSSR count). The van der Waals surface area contributed by atoms with Crippen LogP contribution in [0.15, 0.2) is 48.5 Å². The summed E-state index contributed by atoms with van der Waals surface area (Å²) in [5.41, 5.74) is 1.97. The van der Waals surface area contributed by atoms with Gasteiger partial charge in [-0.15, -0.1) is 0 Å². The van der Waals surface area contributed by atoms with Crippen molar-refractivity contribution in [3.8, 4) is 0 Å². The van der Waals surface area contributed by atoms with E-state index >= 15 is 0 Å². The van der Waals surface area contributed by atoms with Crippen molar-refractivity contribution in [3.63, 3.8) is 0 Å². The zero-order valence-electron chi connectivity index (χ0n) is 9.56. The second kappa shape index (κ2) is 5.56. The molecular weight excluding hydrogens is 250 g/mol. The molecule has 0 atom stereocenters. The number of aromatic carboxylic acids is 1. The summed E-state index contributed by atoms with van der Waals surface area (Å²) >= 11 is 5.79. The first-order chi connectivity index (χ1) is 8.66. The molecule has 0 saturated carbocycles. The molecule has 0 radical (unpaired) electrons. The van der Waals surface area contributed by atoms with Crippen molar-refractivity contribution in [2.75, 3.05) is 5.32 Å². The molecule has 2 aromatic carbocycles. The summed E-state index contributed by atoms with van der Waals surface area (Å²) in [6.45, 7) is 0.462. The Morgan fingerprint density at radius 3 is 2.44 bits per heavy atom. The van der Waals surface area contributed by atoms with Gasteiger partial charge < -0.3 is 10.4 Å². The maximum absolute atomic E-state index is 11.0. The van der Waals surface area contributed by atoms with E-state index in [1.165, 1.54) is 0 Å². The number of halogens is 1. The fourth-order valence-electron chi connectivity index (χ4n) is 1.65. The lowest BCUT2D eigenvalue weighted by Crippen LogP contribution is -2.06. The van der Waals surface area contributed by atoms with E-state index in [9.17, 15) is 4.79 Å². The molecule has 0 amide bonds. The van der Waals surface area contributed by atoms with Gasteiger partial charge in [-0.05, 0) is 35.9 Å². The highest BCUT2D eigenvalue weighted by Crippen LogP contribution is 2.15. The number of carboxylic acid groups (broad SMARTS) is 1. The molecule has 92 valence electrons. The summed E-state index contributed by atoms with van der Waals surface area (Å²) in [5, 5.41) is 12.9. The van der Waals surface area contributed by atoms with Crippen LogP contribution < -0.4 is 5.32 Å². The second-order valence-corrected chi connectivity index (χ2v) is 4.26. The van der Waals surface area contributed by atoms with E-state index < -0.39 is 5.97 Å². The van der Waals surface area contributed by atoms with Crippen LogP contribution in [0.25, 0.3) is 0 Å². The Labute approximate surface area is 110 Å². The molecule has 0 aliphatic carbocycles. The monoisotopic (exact) mass is 261 g/mol. The van der Waals surface area contributed by atoms with Crippen LogP contribution in [0.4, 0.5) is 5.69 Å². The smallest absolute Gasteiger partial charge is 0.336 e. The number of benzene rings is 2. The molecule has 0 aliphatic rings. The van der Waals surface area contributed by atoms with Crippen LogP contribution >= 0.6 is 11.6 Å². The zero-order valence-corrected chi connectivity index (χ0v) is 10.3. The Kier molecular flexibility index (Phi) is 3.85. The van der Waals surface area contributed by atoms with Gasteiger partial charge in [0, 0.05) is 17.3 Å². The summed E-state index contributed by atoms with van der Waals surface area (Å²) in [7, 11) is 0. The predicted octanol–water partition coefficient (Wildman–Crippen LogP) is 3.65.